The summed E-state index contributed by atoms with van der Waals surface area (Å²) in [6.07, 6.45) is 2.16. The van der Waals surface area contributed by atoms with Gasteiger partial charge in [-0.1, -0.05) is 67.9 Å². The molecule has 0 saturated heterocycles. The van der Waals surface area contributed by atoms with Gasteiger partial charge in [-0.15, -0.1) is 0 Å². The second-order valence-electron chi connectivity index (χ2n) is 4.80. The van der Waals surface area contributed by atoms with Crippen LogP contribution in [0.1, 0.15) is 19.0 Å². The average molecular weight is 247 g/mol. The van der Waals surface area contributed by atoms with Gasteiger partial charge in [0.15, 0.2) is 0 Å². The van der Waals surface area contributed by atoms with Crippen LogP contribution in [0.5, 0.6) is 0 Å². The van der Waals surface area contributed by atoms with E-state index in [1.807, 2.05) is 6.07 Å². The zero-order chi connectivity index (χ0) is 13.1. The highest BCUT2D eigenvalue weighted by atomic mass is 14.7. The SMILES string of the molecule is CCCc1cc2ccccc2c(-c2ccccc2)n1. The number of rotatable bonds is 3. The first-order valence-corrected chi connectivity index (χ1v) is 6.82. The molecular weight excluding hydrogens is 230 g/mol. The van der Waals surface area contributed by atoms with Crippen molar-refractivity contribution in [2.24, 2.45) is 0 Å². The highest BCUT2D eigenvalue weighted by Crippen LogP contribution is 2.27. The first-order valence-electron chi connectivity index (χ1n) is 6.82. The normalized spacial score (nSPS) is 10.8. The number of hydrogen-bond acceptors (Lipinski definition) is 1. The summed E-state index contributed by atoms with van der Waals surface area (Å²) in [6.45, 7) is 2.19. The van der Waals surface area contributed by atoms with Gasteiger partial charge in [-0.25, -0.2) is 0 Å². The second kappa shape index (κ2) is 5.23. The van der Waals surface area contributed by atoms with E-state index >= 15 is 0 Å². The Kier molecular flexibility index (Phi) is 3.28. The molecule has 1 aromatic heterocycles. The first-order chi connectivity index (χ1) is 9.38. The number of aromatic nitrogens is 1. The predicted octanol–water partition coefficient (Wildman–Crippen LogP) is 4.85. The van der Waals surface area contributed by atoms with Gasteiger partial charge in [0, 0.05) is 16.6 Å². The quantitative estimate of drug-likeness (QED) is 0.644. The van der Waals surface area contributed by atoms with Crippen molar-refractivity contribution < 1.29 is 0 Å². The van der Waals surface area contributed by atoms with E-state index in [9.17, 15) is 0 Å². The second-order valence-corrected chi connectivity index (χ2v) is 4.80. The molecule has 0 bridgehead atoms. The molecule has 0 saturated carbocycles. The molecule has 0 aliphatic heterocycles. The average Bonchev–Trinajstić information content (AvgIpc) is 2.48. The van der Waals surface area contributed by atoms with E-state index in [4.69, 9.17) is 4.98 Å². The highest BCUT2D eigenvalue weighted by Gasteiger charge is 2.07. The van der Waals surface area contributed by atoms with Crippen molar-refractivity contribution in [3.63, 3.8) is 0 Å². The largest absolute Gasteiger partial charge is 0.252 e. The van der Waals surface area contributed by atoms with E-state index in [2.05, 4.69) is 61.5 Å². The molecule has 1 heteroatoms. The number of benzene rings is 2. The summed E-state index contributed by atoms with van der Waals surface area (Å²) >= 11 is 0. The number of aryl methyl sites for hydroxylation is 1. The Morgan fingerprint density at radius 1 is 0.895 bits per heavy atom. The fraction of sp³-hybridized carbons (Fsp3) is 0.167. The van der Waals surface area contributed by atoms with E-state index < -0.39 is 0 Å². The van der Waals surface area contributed by atoms with Crippen LogP contribution in [0.25, 0.3) is 22.0 Å². The Labute approximate surface area is 113 Å². The molecule has 0 spiro atoms. The molecular formula is C18H17N. The molecule has 2 aromatic carbocycles. The number of nitrogens with zero attached hydrogens (tertiary/aromatic N) is 1. The van der Waals surface area contributed by atoms with Crippen molar-refractivity contribution in [1.82, 2.24) is 4.98 Å². The Morgan fingerprint density at radius 3 is 2.42 bits per heavy atom. The van der Waals surface area contributed by atoms with Crippen molar-refractivity contribution in [1.29, 1.82) is 0 Å². The van der Waals surface area contributed by atoms with E-state index in [1.54, 1.807) is 0 Å². The fourth-order valence-electron chi connectivity index (χ4n) is 2.45. The molecule has 1 heterocycles. The van der Waals surface area contributed by atoms with Gasteiger partial charge < -0.3 is 0 Å². The lowest BCUT2D eigenvalue weighted by atomic mass is 10.0. The van der Waals surface area contributed by atoms with Gasteiger partial charge in [-0.3, -0.25) is 4.98 Å². The number of hydrogen-bond donors (Lipinski definition) is 0. The zero-order valence-electron chi connectivity index (χ0n) is 11.1. The van der Waals surface area contributed by atoms with Gasteiger partial charge >= 0.3 is 0 Å². The van der Waals surface area contributed by atoms with Gasteiger partial charge in [0.25, 0.3) is 0 Å². The first kappa shape index (κ1) is 11.9. The molecule has 0 fully saturated rings. The van der Waals surface area contributed by atoms with E-state index in [-0.39, 0.29) is 0 Å². The Morgan fingerprint density at radius 2 is 1.63 bits per heavy atom. The maximum atomic E-state index is 4.86. The third-order valence-electron chi connectivity index (χ3n) is 3.35. The third-order valence-corrected chi connectivity index (χ3v) is 3.35. The lowest BCUT2D eigenvalue weighted by Crippen LogP contribution is -1.94. The van der Waals surface area contributed by atoms with Crippen molar-refractivity contribution in [3.8, 4) is 11.3 Å². The summed E-state index contributed by atoms with van der Waals surface area (Å²) in [5.41, 5.74) is 3.47. The number of fused-ring (bicyclic) bond motifs is 1. The molecule has 0 aliphatic carbocycles. The van der Waals surface area contributed by atoms with Crippen LogP contribution in [-0.2, 0) is 6.42 Å². The van der Waals surface area contributed by atoms with Crippen molar-refractivity contribution in [2.75, 3.05) is 0 Å². The van der Waals surface area contributed by atoms with Gasteiger partial charge in [0.05, 0.1) is 5.69 Å². The Hall–Kier alpha value is -2.15. The van der Waals surface area contributed by atoms with Crippen molar-refractivity contribution in [2.45, 2.75) is 19.8 Å². The smallest absolute Gasteiger partial charge is 0.0783 e. The maximum absolute atomic E-state index is 4.86. The van der Waals surface area contributed by atoms with E-state index in [0.717, 1.165) is 18.5 Å². The van der Waals surface area contributed by atoms with Crippen molar-refractivity contribution in [3.05, 3.63) is 66.4 Å². The molecule has 1 nitrogen and oxygen atoms in total. The van der Waals surface area contributed by atoms with Crippen LogP contribution in [-0.4, -0.2) is 4.98 Å². The topological polar surface area (TPSA) is 12.9 Å². The van der Waals surface area contributed by atoms with Gasteiger partial charge in [0.1, 0.15) is 0 Å². The van der Waals surface area contributed by atoms with Crippen LogP contribution < -0.4 is 0 Å². The summed E-state index contributed by atoms with van der Waals surface area (Å²) in [7, 11) is 0. The minimum absolute atomic E-state index is 1.03. The fourth-order valence-corrected chi connectivity index (χ4v) is 2.45. The monoisotopic (exact) mass is 247 g/mol. The summed E-state index contributed by atoms with van der Waals surface area (Å²) in [6, 6.07) is 21.1. The van der Waals surface area contributed by atoms with Crippen LogP contribution in [0.15, 0.2) is 60.7 Å². The predicted molar refractivity (Wildman–Crippen MR) is 81.2 cm³/mol. The van der Waals surface area contributed by atoms with Crippen molar-refractivity contribution >= 4 is 10.8 Å². The molecule has 0 unspecified atom stereocenters. The molecule has 3 rings (SSSR count). The molecule has 0 radical (unpaired) electrons. The zero-order valence-corrected chi connectivity index (χ0v) is 11.1. The molecule has 94 valence electrons. The van der Waals surface area contributed by atoms with Crippen LogP contribution in [0.4, 0.5) is 0 Å². The molecule has 0 atom stereocenters. The Bertz CT molecular complexity index is 686. The highest BCUT2D eigenvalue weighted by molar-refractivity contribution is 5.94. The van der Waals surface area contributed by atoms with E-state index in [0.29, 0.717) is 0 Å². The molecule has 0 amide bonds. The van der Waals surface area contributed by atoms with Crippen LogP contribution in [0.3, 0.4) is 0 Å². The van der Waals surface area contributed by atoms with Crippen LogP contribution in [0, 0.1) is 0 Å². The summed E-state index contributed by atoms with van der Waals surface area (Å²) in [5, 5.41) is 2.51. The summed E-state index contributed by atoms with van der Waals surface area (Å²) in [4.78, 5) is 4.86. The van der Waals surface area contributed by atoms with Crippen LogP contribution >= 0.6 is 0 Å². The summed E-state index contributed by atoms with van der Waals surface area (Å²) in [5.74, 6) is 0. The van der Waals surface area contributed by atoms with Gasteiger partial charge in [-0.05, 0) is 17.9 Å². The van der Waals surface area contributed by atoms with E-state index in [1.165, 1.54) is 22.0 Å². The lowest BCUT2D eigenvalue weighted by Gasteiger charge is -2.09. The lowest BCUT2D eigenvalue weighted by molar-refractivity contribution is 0.887. The molecule has 0 N–H and O–H groups in total. The van der Waals surface area contributed by atoms with Crippen LogP contribution in [0.2, 0.25) is 0 Å². The molecule has 3 aromatic rings. The maximum Gasteiger partial charge on any atom is 0.0783 e. The van der Waals surface area contributed by atoms with Gasteiger partial charge in [-0.2, -0.15) is 0 Å². The van der Waals surface area contributed by atoms with Gasteiger partial charge in [0.2, 0.25) is 0 Å². The molecule has 0 aliphatic rings. The standard InChI is InChI=1S/C18H17N/c1-2-8-16-13-15-11-6-7-12-17(15)18(19-16)14-9-4-3-5-10-14/h3-7,9-13H,2,8H2,1H3. The minimum Gasteiger partial charge on any atom is -0.252 e. The Balaban J connectivity index is 2.26. The third kappa shape index (κ3) is 2.37. The summed E-state index contributed by atoms with van der Waals surface area (Å²) < 4.78 is 0. The number of pyridine rings is 1. The minimum atomic E-state index is 1.03. The molecule has 19 heavy (non-hydrogen) atoms.